The molecule has 134 valence electrons. The Hall–Kier alpha value is -2.18. The fourth-order valence-corrected chi connectivity index (χ4v) is 2.61. The van der Waals surface area contributed by atoms with Gasteiger partial charge in [0.1, 0.15) is 17.4 Å². The predicted molar refractivity (Wildman–Crippen MR) is 89.3 cm³/mol. The molecule has 1 aliphatic rings. The highest BCUT2D eigenvalue weighted by Gasteiger charge is 2.25. The van der Waals surface area contributed by atoms with Crippen LogP contribution in [0.4, 0.5) is 10.7 Å². The number of aliphatic carboxylic acids is 1. The van der Waals surface area contributed by atoms with E-state index >= 15 is 0 Å². The highest BCUT2D eigenvalue weighted by molar-refractivity contribution is 5.80. The standard InChI is InChI=1S/C17H26N2O5/c1-17(2,3)24-16(22)18-13(15(20)21)11-12-7-8-14(23-12)19-9-5-4-6-10-19/h7-8,13H,4-6,9-11H2,1-3H3,(H,18,22)(H,20,21). The molecule has 0 saturated carbocycles. The van der Waals surface area contributed by atoms with Crippen molar-refractivity contribution in [2.45, 2.75) is 58.1 Å². The third-order valence-corrected chi connectivity index (χ3v) is 3.71. The number of piperidine rings is 1. The van der Waals surface area contributed by atoms with E-state index in [2.05, 4.69) is 10.2 Å². The minimum absolute atomic E-state index is 0.0718. The van der Waals surface area contributed by atoms with Gasteiger partial charge in [0.05, 0.1) is 0 Å². The SMILES string of the molecule is CC(C)(C)OC(=O)NC(Cc1ccc(N2CCCCC2)o1)C(=O)O. The van der Waals surface area contributed by atoms with Crippen molar-refractivity contribution < 1.29 is 23.8 Å². The van der Waals surface area contributed by atoms with Gasteiger partial charge < -0.3 is 24.5 Å². The van der Waals surface area contributed by atoms with Crippen molar-refractivity contribution in [1.29, 1.82) is 0 Å². The Kier molecular flexibility index (Phi) is 5.75. The molecule has 0 aromatic carbocycles. The molecule has 1 atom stereocenters. The van der Waals surface area contributed by atoms with E-state index in [1.807, 2.05) is 6.07 Å². The van der Waals surface area contributed by atoms with E-state index in [0.717, 1.165) is 31.8 Å². The minimum Gasteiger partial charge on any atom is -0.480 e. The molecule has 7 heteroatoms. The van der Waals surface area contributed by atoms with Crippen LogP contribution in [0.5, 0.6) is 0 Å². The summed E-state index contributed by atoms with van der Waals surface area (Å²) >= 11 is 0. The van der Waals surface area contributed by atoms with Gasteiger partial charge >= 0.3 is 12.1 Å². The Labute approximate surface area is 142 Å². The average Bonchev–Trinajstić information content (AvgIpc) is 2.94. The zero-order valence-electron chi connectivity index (χ0n) is 14.5. The summed E-state index contributed by atoms with van der Waals surface area (Å²) in [5.41, 5.74) is -0.681. The molecule has 7 nitrogen and oxygen atoms in total. The summed E-state index contributed by atoms with van der Waals surface area (Å²) < 4.78 is 10.9. The molecule has 24 heavy (non-hydrogen) atoms. The van der Waals surface area contributed by atoms with Crippen LogP contribution < -0.4 is 10.2 Å². The van der Waals surface area contributed by atoms with Gasteiger partial charge in [0.2, 0.25) is 0 Å². The van der Waals surface area contributed by atoms with Crippen molar-refractivity contribution in [1.82, 2.24) is 5.32 Å². The summed E-state index contributed by atoms with van der Waals surface area (Å²) in [5.74, 6) is 0.155. The number of nitrogens with zero attached hydrogens (tertiary/aromatic N) is 1. The highest BCUT2D eigenvalue weighted by atomic mass is 16.6. The quantitative estimate of drug-likeness (QED) is 0.858. The Morgan fingerprint density at radius 1 is 1.29 bits per heavy atom. The summed E-state index contributed by atoms with van der Waals surface area (Å²) in [4.78, 5) is 25.3. The summed E-state index contributed by atoms with van der Waals surface area (Å²) in [6.07, 6.45) is 2.81. The Bertz CT molecular complexity index is 570. The number of carbonyl (C=O) groups is 2. The molecule has 0 radical (unpaired) electrons. The molecule has 2 rings (SSSR count). The first kappa shape index (κ1) is 18.2. The maximum Gasteiger partial charge on any atom is 0.408 e. The Balaban J connectivity index is 1.96. The van der Waals surface area contributed by atoms with Crippen LogP contribution >= 0.6 is 0 Å². The van der Waals surface area contributed by atoms with Crippen molar-refractivity contribution in [3.05, 3.63) is 17.9 Å². The second-order valence-corrected chi connectivity index (χ2v) is 7.03. The van der Waals surface area contributed by atoms with E-state index in [1.165, 1.54) is 6.42 Å². The van der Waals surface area contributed by atoms with Crippen LogP contribution in [0.25, 0.3) is 0 Å². The first-order valence-electron chi connectivity index (χ1n) is 8.30. The number of alkyl carbamates (subject to hydrolysis) is 1. The van der Waals surface area contributed by atoms with E-state index in [0.29, 0.717) is 5.76 Å². The lowest BCUT2D eigenvalue weighted by Crippen LogP contribution is -2.44. The molecule has 1 unspecified atom stereocenters. The van der Waals surface area contributed by atoms with Crippen LogP contribution in [0, 0.1) is 0 Å². The number of anilines is 1. The Morgan fingerprint density at radius 2 is 1.96 bits per heavy atom. The third-order valence-electron chi connectivity index (χ3n) is 3.71. The largest absolute Gasteiger partial charge is 0.480 e. The van der Waals surface area contributed by atoms with Crippen LogP contribution in [0.2, 0.25) is 0 Å². The number of amides is 1. The normalized spacial score (nSPS) is 16.5. The molecule has 0 bridgehead atoms. The first-order valence-corrected chi connectivity index (χ1v) is 8.30. The van der Waals surface area contributed by atoms with Crippen molar-refractivity contribution in [3.63, 3.8) is 0 Å². The number of rotatable bonds is 5. The van der Waals surface area contributed by atoms with Crippen molar-refractivity contribution >= 4 is 17.9 Å². The molecule has 2 N–H and O–H groups in total. The zero-order chi connectivity index (χ0) is 17.7. The van der Waals surface area contributed by atoms with E-state index in [-0.39, 0.29) is 6.42 Å². The number of hydrogen-bond donors (Lipinski definition) is 2. The van der Waals surface area contributed by atoms with Gasteiger partial charge in [0.15, 0.2) is 5.88 Å². The lowest BCUT2D eigenvalue weighted by atomic mass is 10.1. The highest BCUT2D eigenvalue weighted by Crippen LogP contribution is 2.23. The van der Waals surface area contributed by atoms with Crippen molar-refractivity contribution in [2.75, 3.05) is 18.0 Å². The van der Waals surface area contributed by atoms with Crippen LogP contribution in [0.1, 0.15) is 45.8 Å². The Morgan fingerprint density at radius 3 is 2.54 bits per heavy atom. The topological polar surface area (TPSA) is 92.0 Å². The molecular weight excluding hydrogens is 312 g/mol. The predicted octanol–water partition coefficient (Wildman–Crippen LogP) is 2.79. The maximum absolute atomic E-state index is 11.8. The van der Waals surface area contributed by atoms with Crippen LogP contribution in [-0.4, -0.2) is 41.9 Å². The van der Waals surface area contributed by atoms with Gasteiger partial charge in [-0.1, -0.05) is 0 Å². The summed E-state index contributed by atoms with van der Waals surface area (Å²) in [6.45, 7) is 7.07. The second kappa shape index (κ2) is 7.59. The number of furan rings is 1. The lowest BCUT2D eigenvalue weighted by molar-refractivity contribution is -0.139. The molecule has 2 heterocycles. The molecule has 1 fully saturated rings. The molecule has 1 aliphatic heterocycles. The molecule has 1 saturated heterocycles. The summed E-state index contributed by atoms with van der Waals surface area (Å²) in [5, 5.41) is 11.7. The number of carboxylic acids is 1. The zero-order valence-corrected chi connectivity index (χ0v) is 14.5. The van der Waals surface area contributed by atoms with Gasteiger partial charge in [-0.05, 0) is 46.1 Å². The van der Waals surface area contributed by atoms with Gasteiger partial charge in [0, 0.05) is 25.6 Å². The number of carboxylic acid groups (broad SMARTS) is 1. The number of ether oxygens (including phenoxy) is 1. The van der Waals surface area contributed by atoms with E-state index in [9.17, 15) is 14.7 Å². The van der Waals surface area contributed by atoms with E-state index in [1.54, 1.807) is 26.8 Å². The van der Waals surface area contributed by atoms with Crippen molar-refractivity contribution in [3.8, 4) is 0 Å². The van der Waals surface area contributed by atoms with Gasteiger partial charge in [-0.15, -0.1) is 0 Å². The fraction of sp³-hybridized carbons (Fsp3) is 0.647. The van der Waals surface area contributed by atoms with Gasteiger partial charge in [-0.25, -0.2) is 9.59 Å². The first-order chi connectivity index (χ1) is 11.2. The molecule has 0 aliphatic carbocycles. The van der Waals surface area contributed by atoms with E-state index < -0.39 is 23.7 Å². The van der Waals surface area contributed by atoms with Gasteiger partial charge in [-0.3, -0.25) is 0 Å². The second-order valence-electron chi connectivity index (χ2n) is 7.03. The van der Waals surface area contributed by atoms with Crippen LogP contribution in [0.3, 0.4) is 0 Å². The third kappa shape index (κ3) is 5.47. The molecule has 0 spiro atoms. The van der Waals surface area contributed by atoms with Gasteiger partial charge in [0.25, 0.3) is 0 Å². The van der Waals surface area contributed by atoms with Crippen LogP contribution in [-0.2, 0) is 16.0 Å². The van der Waals surface area contributed by atoms with E-state index in [4.69, 9.17) is 9.15 Å². The maximum atomic E-state index is 11.8. The minimum atomic E-state index is -1.13. The monoisotopic (exact) mass is 338 g/mol. The number of hydrogen-bond acceptors (Lipinski definition) is 5. The fourth-order valence-electron chi connectivity index (χ4n) is 2.61. The molecule has 1 aromatic rings. The van der Waals surface area contributed by atoms with Gasteiger partial charge in [-0.2, -0.15) is 0 Å². The average molecular weight is 338 g/mol. The summed E-state index contributed by atoms with van der Waals surface area (Å²) in [6, 6.07) is 2.52. The van der Waals surface area contributed by atoms with Crippen molar-refractivity contribution in [2.24, 2.45) is 0 Å². The number of carbonyl (C=O) groups excluding carboxylic acids is 1. The molecular formula is C17H26N2O5. The van der Waals surface area contributed by atoms with Crippen LogP contribution in [0.15, 0.2) is 16.5 Å². The molecule has 1 aromatic heterocycles. The molecule has 1 amide bonds. The summed E-state index contributed by atoms with van der Waals surface area (Å²) in [7, 11) is 0. The lowest BCUT2D eigenvalue weighted by Gasteiger charge is -2.26. The number of nitrogens with one attached hydrogen (secondary N) is 1. The smallest absolute Gasteiger partial charge is 0.408 e.